The summed E-state index contributed by atoms with van der Waals surface area (Å²) >= 11 is 4.23. The Hall–Kier alpha value is -1.89. The Morgan fingerprint density at radius 2 is 2.09 bits per heavy atom. The average Bonchev–Trinajstić information content (AvgIpc) is 3.53. The highest BCUT2D eigenvalue weighted by Crippen LogP contribution is 2.35. The molecule has 2 aliphatic rings. The average molecular weight is 497 g/mol. The number of rotatable bonds is 12. The van der Waals surface area contributed by atoms with E-state index in [-0.39, 0.29) is 0 Å². The van der Waals surface area contributed by atoms with Gasteiger partial charge in [0.2, 0.25) is 0 Å². The van der Waals surface area contributed by atoms with Gasteiger partial charge in [-0.3, -0.25) is 9.88 Å². The molecule has 1 aromatic carbocycles. The summed E-state index contributed by atoms with van der Waals surface area (Å²) in [6, 6.07) is 11.7. The molecule has 2 heterocycles. The van der Waals surface area contributed by atoms with Crippen LogP contribution in [0.1, 0.15) is 61.6 Å². The van der Waals surface area contributed by atoms with Crippen molar-refractivity contribution >= 4 is 24.6 Å². The number of anilines is 1. The van der Waals surface area contributed by atoms with Crippen LogP contribution in [0.4, 0.5) is 5.69 Å². The zero-order chi connectivity index (χ0) is 24.9. The van der Waals surface area contributed by atoms with Crippen molar-refractivity contribution < 1.29 is 4.79 Å². The lowest BCUT2D eigenvalue weighted by Gasteiger charge is -2.21. The van der Waals surface area contributed by atoms with E-state index in [0.717, 1.165) is 44.6 Å². The molecule has 2 unspecified atom stereocenters. The van der Waals surface area contributed by atoms with Gasteiger partial charge in [0.1, 0.15) is 6.29 Å². The summed E-state index contributed by atoms with van der Waals surface area (Å²) in [4.78, 5) is 19.7. The first-order chi connectivity index (χ1) is 17.2. The van der Waals surface area contributed by atoms with Crippen LogP contribution in [0.15, 0.2) is 42.7 Å². The number of unbranched alkanes of at least 4 members (excludes halogenated alkanes) is 1. The van der Waals surface area contributed by atoms with Crippen molar-refractivity contribution in [1.82, 2.24) is 15.2 Å². The highest BCUT2D eigenvalue weighted by atomic mass is 32.1. The third-order valence-electron chi connectivity index (χ3n) is 7.31. The first-order valence-corrected chi connectivity index (χ1v) is 14.0. The lowest BCUT2D eigenvalue weighted by molar-refractivity contribution is -0.109. The van der Waals surface area contributed by atoms with Crippen molar-refractivity contribution in [3.05, 3.63) is 59.4 Å². The minimum Gasteiger partial charge on any atom is -0.373 e. The van der Waals surface area contributed by atoms with E-state index in [9.17, 15) is 4.79 Å². The van der Waals surface area contributed by atoms with E-state index in [1.165, 1.54) is 49.8 Å². The van der Waals surface area contributed by atoms with E-state index < -0.39 is 0 Å². The van der Waals surface area contributed by atoms with Crippen LogP contribution in [-0.4, -0.2) is 67.7 Å². The van der Waals surface area contributed by atoms with Gasteiger partial charge < -0.3 is 15.0 Å². The molecule has 0 radical (unpaired) electrons. The number of fused-ring (bicyclic) bond motifs is 1. The smallest absolute Gasteiger partial charge is 0.133 e. The van der Waals surface area contributed by atoms with E-state index in [4.69, 9.17) is 0 Å². The van der Waals surface area contributed by atoms with E-state index >= 15 is 0 Å². The van der Waals surface area contributed by atoms with E-state index in [0.29, 0.717) is 18.5 Å². The summed E-state index contributed by atoms with van der Waals surface area (Å²) in [5.41, 5.74) is 5.78. The van der Waals surface area contributed by atoms with Gasteiger partial charge in [-0.05, 0) is 79.8 Å². The quantitative estimate of drug-likeness (QED) is 0.252. The van der Waals surface area contributed by atoms with Gasteiger partial charge in [0.05, 0.1) is 18.4 Å². The number of carbonyl (C=O) groups excluding carboxylic acids is 1. The lowest BCUT2D eigenvalue weighted by Crippen LogP contribution is -2.34. The molecular weight excluding hydrogens is 452 g/mol. The molecule has 5 nitrogen and oxygen atoms in total. The van der Waals surface area contributed by atoms with Crippen molar-refractivity contribution in [2.75, 3.05) is 50.4 Å². The maximum absolute atomic E-state index is 11.0. The number of nitrogens with zero attached hydrogens (tertiary/aromatic N) is 3. The molecule has 1 aromatic heterocycles. The molecule has 2 atom stereocenters. The van der Waals surface area contributed by atoms with Gasteiger partial charge in [-0.15, -0.1) is 0 Å². The second kappa shape index (κ2) is 15.3. The maximum Gasteiger partial charge on any atom is 0.133 e. The Bertz CT molecular complexity index is 878. The van der Waals surface area contributed by atoms with Gasteiger partial charge in [0, 0.05) is 44.7 Å². The second-order valence-electron chi connectivity index (χ2n) is 9.84. The van der Waals surface area contributed by atoms with Crippen LogP contribution >= 0.6 is 12.6 Å². The molecule has 4 rings (SSSR count). The number of nitrogens with one attached hydrogen (secondary N) is 1. The van der Waals surface area contributed by atoms with E-state index in [1.807, 2.05) is 12.3 Å². The van der Waals surface area contributed by atoms with Crippen LogP contribution in [0, 0.1) is 0 Å². The summed E-state index contributed by atoms with van der Waals surface area (Å²) in [5.74, 6) is 1.45. The zero-order valence-electron chi connectivity index (χ0n) is 21.7. The molecule has 0 spiro atoms. The monoisotopic (exact) mass is 496 g/mol. The van der Waals surface area contributed by atoms with Crippen molar-refractivity contribution in [3.63, 3.8) is 0 Å². The van der Waals surface area contributed by atoms with Gasteiger partial charge >= 0.3 is 0 Å². The van der Waals surface area contributed by atoms with Crippen LogP contribution in [-0.2, 0) is 17.6 Å². The molecular formula is C29H44N4OS. The molecule has 0 bridgehead atoms. The fraction of sp³-hybridized carbons (Fsp3) is 0.586. The Morgan fingerprint density at radius 1 is 1.23 bits per heavy atom. The molecule has 1 N–H and O–H groups in total. The van der Waals surface area contributed by atoms with Crippen molar-refractivity contribution in [2.45, 2.75) is 63.8 Å². The molecule has 1 fully saturated rings. The van der Waals surface area contributed by atoms with Crippen LogP contribution in [0.5, 0.6) is 0 Å². The summed E-state index contributed by atoms with van der Waals surface area (Å²) < 4.78 is 0. The minimum absolute atomic E-state index is 0.519. The van der Waals surface area contributed by atoms with Crippen LogP contribution in [0.25, 0.3) is 0 Å². The number of hydrogen-bond donors (Lipinski definition) is 2. The minimum atomic E-state index is 0.519. The number of benzene rings is 1. The number of thiol groups is 1. The third-order valence-corrected chi connectivity index (χ3v) is 7.53. The normalized spacial score (nSPS) is 19.2. The first kappa shape index (κ1) is 27.7. The molecule has 6 heteroatoms. The molecule has 192 valence electrons. The van der Waals surface area contributed by atoms with Crippen LogP contribution in [0.3, 0.4) is 0 Å². The highest BCUT2D eigenvalue weighted by molar-refractivity contribution is 7.80. The number of hydrogen-bond acceptors (Lipinski definition) is 6. The van der Waals surface area contributed by atoms with Gasteiger partial charge in [0.15, 0.2) is 0 Å². The van der Waals surface area contributed by atoms with Gasteiger partial charge in [0.25, 0.3) is 0 Å². The number of aryl methyl sites for hydroxylation is 2. The number of pyridine rings is 1. The molecule has 1 aliphatic carbocycles. The summed E-state index contributed by atoms with van der Waals surface area (Å²) in [5, 5.41) is 3.42. The molecule has 2 aromatic rings. The Labute approximate surface area is 218 Å². The standard InChI is InChI=1S/C19H28N2OS.C10H16N2/c22-10-9-21-14-18(13-19(21)6-7-20-8-11-23)17-5-4-15-2-1-3-16(15)12-17;1-3-4-8-12(2)10-6-5-7-11-9-10/h4-5,10,12,18-20,23H,1-3,6-9,11,13-14H2;5-7,9H,3-4,8H2,1-2H3. The van der Waals surface area contributed by atoms with E-state index in [2.05, 4.69) is 71.0 Å². The van der Waals surface area contributed by atoms with Crippen LogP contribution < -0.4 is 10.2 Å². The molecule has 1 aliphatic heterocycles. The van der Waals surface area contributed by atoms with Crippen molar-refractivity contribution in [1.29, 1.82) is 0 Å². The number of aromatic nitrogens is 1. The molecule has 1 saturated heterocycles. The summed E-state index contributed by atoms with van der Waals surface area (Å²) in [7, 11) is 2.10. The second-order valence-corrected chi connectivity index (χ2v) is 10.3. The number of aldehydes is 1. The zero-order valence-corrected chi connectivity index (χ0v) is 22.6. The SMILES string of the molecule is CCCCN(C)c1cccnc1.O=CCN1CC(c2ccc3c(c2)CCC3)CC1CCNCCS. The lowest BCUT2D eigenvalue weighted by atomic mass is 9.93. The summed E-state index contributed by atoms with van der Waals surface area (Å²) in [6.45, 7) is 6.88. The highest BCUT2D eigenvalue weighted by Gasteiger charge is 2.32. The number of likely N-dealkylation sites (tertiary alicyclic amines) is 1. The largest absolute Gasteiger partial charge is 0.373 e. The van der Waals surface area contributed by atoms with Gasteiger partial charge in [-0.25, -0.2) is 0 Å². The molecule has 0 saturated carbocycles. The van der Waals surface area contributed by atoms with E-state index in [1.54, 1.807) is 17.3 Å². The van der Waals surface area contributed by atoms with Crippen molar-refractivity contribution in [2.24, 2.45) is 0 Å². The predicted octanol–water partition coefficient (Wildman–Crippen LogP) is 4.76. The topological polar surface area (TPSA) is 48.5 Å². The van der Waals surface area contributed by atoms with Gasteiger partial charge in [-0.2, -0.15) is 12.6 Å². The first-order valence-electron chi connectivity index (χ1n) is 13.4. The third kappa shape index (κ3) is 8.62. The maximum atomic E-state index is 11.0. The number of carbonyl (C=O) groups is 1. The van der Waals surface area contributed by atoms with Gasteiger partial charge in [-0.1, -0.05) is 31.5 Å². The fourth-order valence-corrected chi connectivity index (χ4v) is 5.43. The fourth-order valence-electron chi connectivity index (χ4n) is 5.27. The predicted molar refractivity (Wildman–Crippen MR) is 151 cm³/mol. The molecule has 35 heavy (non-hydrogen) atoms. The van der Waals surface area contributed by atoms with Crippen LogP contribution in [0.2, 0.25) is 0 Å². The Kier molecular flexibility index (Phi) is 12.1. The molecule has 0 amide bonds. The van der Waals surface area contributed by atoms with Crippen molar-refractivity contribution in [3.8, 4) is 0 Å². The summed E-state index contributed by atoms with van der Waals surface area (Å²) in [6.07, 6.45) is 13.3. The Morgan fingerprint density at radius 3 is 2.83 bits per heavy atom. The Balaban J connectivity index is 0.000000241.